The SMILES string of the molecule is Cc1cc(N)cc(-c2ncn[nH]2)c1C. The molecule has 4 heteroatoms. The first-order valence-electron chi connectivity index (χ1n) is 4.41. The highest BCUT2D eigenvalue weighted by Gasteiger charge is 2.07. The lowest BCUT2D eigenvalue weighted by molar-refractivity contribution is 1.09. The molecule has 0 unspecified atom stereocenters. The lowest BCUT2D eigenvalue weighted by Gasteiger charge is -2.07. The van der Waals surface area contributed by atoms with Crippen LogP contribution >= 0.6 is 0 Å². The molecule has 0 radical (unpaired) electrons. The van der Waals surface area contributed by atoms with E-state index in [1.807, 2.05) is 26.0 Å². The minimum absolute atomic E-state index is 0.750. The van der Waals surface area contributed by atoms with Gasteiger partial charge in [-0.15, -0.1) is 0 Å². The van der Waals surface area contributed by atoms with Crippen LogP contribution in [0.15, 0.2) is 18.5 Å². The summed E-state index contributed by atoms with van der Waals surface area (Å²) in [5, 5.41) is 6.65. The average Bonchev–Trinajstić information content (AvgIpc) is 2.63. The van der Waals surface area contributed by atoms with E-state index in [1.165, 1.54) is 11.9 Å². The van der Waals surface area contributed by atoms with Crippen LogP contribution < -0.4 is 5.73 Å². The van der Waals surface area contributed by atoms with Gasteiger partial charge in [-0.1, -0.05) is 0 Å². The van der Waals surface area contributed by atoms with Gasteiger partial charge >= 0.3 is 0 Å². The van der Waals surface area contributed by atoms with E-state index < -0.39 is 0 Å². The van der Waals surface area contributed by atoms with Crippen molar-refractivity contribution >= 4 is 5.69 Å². The summed E-state index contributed by atoms with van der Waals surface area (Å²) in [6.07, 6.45) is 1.49. The van der Waals surface area contributed by atoms with E-state index >= 15 is 0 Å². The van der Waals surface area contributed by atoms with Gasteiger partial charge in [0.05, 0.1) is 0 Å². The van der Waals surface area contributed by atoms with Crippen LogP contribution in [0, 0.1) is 13.8 Å². The Hall–Kier alpha value is -1.84. The summed E-state index contributed by atoms with van der Waals surface area (Å²) in [5.41, 5.74) is 9.88. The van der Waals surface area contributed by atoms with Crippen molar-refractivity contribution in [2.75, 3.05) is 5.73 Å². The van der Waals surface area contributed by atoms with Crippen molar-refractivity contribution in [3.63, 3.8) is 0 Å². The second-order valence-electron chi connectivity index (χ2n) is 3.34. The molecule has 0 atom stereocenters. The Morgan fingerprint density at radius 3 is 2.71 bits per heavy atom. The number of rotatable bonds is 1. The summed E-state index contributed by atoms with van der Waals surface area (Å²) in [6, 6.07) is 3.86. The molecule has 0 spiro atoms. The number of H-pyrrole nitrogens is 1. The molecule has 1 aromatic heterocycles. The monoisotopic (exact) mass is 188 g/mol. The maximum absolute atomic E-state index is 5.77. The highest BCUT2D eigenvalue weighted by molar-refractivity contribution is 5.67. The number of aryl methyl sites for hydroxylation is 1. The summed E-state index contributed by atoms with van der Waals surface area (Å²) < 4.78 is 0. The number of hydrogen-bond acceptors (Lipinski definition) is 3. The van der Waals surface area contributed by atoms with Crippen molar-refractivity contribution < 1.29 is 0 Å². The van der Waals surface area contributed by atoms with Crippen molar-refractivity contribution in [3.8, 4) is 11.4 Å². The Morgan fingerprint density at radius 1 is 1.29 bits per heavy atom. The number of aromatic amines is 1. The van der Waals surface area contributed by atoms with Crippen LogP contribution in [0.5, 0.6) is 0 Å². The van der Waals surface area contributed by atoms with Crippen molar-refractivity contribution in [2.24, 2.45) is 0 Å². The van der Waals surface area contributed by atoms with Crippen LogP contribution in [0.25, 0.3) is 11.4 Å². The molecule has 2 rings (SSSR count). The van der Waals surface area contributed by atoms with Crippen LogP contribution in [0.4, 0.5) is 5.69 Å². The van der Waals surface area contributed by atoms with Crippen molar-refractivity contribution in [1.29, 1.82) is 0 Å². The van der Waals surface area contributed by atoms with Gasteiger partial charge in [-0.2, -0.15) is 5.10 Å². The summed E-state index contributed by atoms with van der Waals surface area (Å²) in [4.78, 5) is 4.11. The van der Waals surface area contributed by atoms with Crippen molar-refractivity contribution in [2.45, 2.75) is 13.8 Å². The van der Waals surface area contributed by atoms with Crippen LogP contribution in [-0.2, 0) is 0 Å². The second kappa shape index (κ2) is 3.14. The molecule has 72 valence electrons. The largest absolute Gasteiger partial charge is 0.399 e. The van der Waals surface area contributed by atoms with E-state index in [0.717, 1.165) is 22.6 Å². The maximum atomic E-state index is 5.77. The van der Waals surface area contributed by atoms with E-state index in [0.29, 0.717) is 0 Å². The van der Waals surface area contributed by atoms with Crippen molar-refractivity contribution in [3.05, 3.63) is 29.6 Å². The Balaban J connectivity index is 2.64. The fourth-order valence-corrected chi connectivity index (χ4v) is 1.47. The zero-order chi connectivity index (χ0) is 10.1. The molecule has 0 bridgehead atoms. The van der Waals surface area contributed by atoms with Gasteiger partial charge in [0.25, 0.3) is 0 Å². The number of benzene rings is 1. The second-order valence-corrected chi connectivity index (χ2v) is 3.34. The quantitative estimate of drug-likeness (QED) is 0.669. The fourth-order valence-electron chi connectivity index (χ4n) is 1.47. The normalized spacial score (nSPS) is 10.4. The zero-order valence-corrected chi connectivity index (χ0v) is 8.20. The smallest absolute Gasteiger partial charge is 0.155 e. The number of nitrogens with zero attached hydrogens (tertiary/aromatic N) is 2. The molecule has 0 aliphatic heterocycles. The van der Waals surface area contributed by atoms with Gasteiger partial charge in [-0.05, 0) is 37.1 Å². The Labute approximate surface area is 82.2 Å². The summed E-state index contributed by atoms with van der Waals surface area (Å²) in [5.74, 6) is 0.762. The number of nitrogens with two attached hydrogens (primary N) is 1. The van der Waals surface area contributed by atoms with Crippen LogP contribution in [0.2, 0.25) is 0 Å². The van der Waals surface area contributed by atoms with Crippen LogP contribution in [-0.4, -0.2) is 15.2 Å². The maximum Gasteiger partial charge on any atom is 0.155 e. The molecule has 1 aromatic carbocycles. The van der Waals surface area contributed by atoms with E-state index in [9.17, 15) is 0 Å². The van der Waals surface area contributed by atoms with Gasteiger partial charge in [0.2, 0.25) is 0 Å². The topological polar surface area (TPSA) is 67.6 Å². The molecule has 0 aliphatic rings. The average molecular weight is 188 g/mol. The highest BCUT2D eigenvalue weighted by Crippen LogP contribution is 2.24. The van der Waals surface area contributed by atoms with Crippen molar-refractivity contribution in [1.82, 2.24) is 15.2 Å². The van der Waals surface area contributed by atoms with Gasteiger partial charge in [0.1, 0.15) is 6.33 Å². The lowest BCUT2D eigenvalue weighted by Crippen LogP contribution is -1.93. The summed E-state index contributed by atoms with van der Waals surface area (Å²) >= 11 is 0. The van der Waals surface area contributed by atoms with Gasteiger partial charge < -0.3 is 5.73 Å². The molecule has 14 heavy (non-hydrogen) atoms. The fraction of sp³-hybridized carbons (Fsp3) is 0.200. The number of anilines is 1. The minimum Gasteiger partial charge on any atom is -0.399 e. The van der Waals surface area contributed by atoms with Gasteiger partial charge in [0, 0.05) is 11.3 Å². The molecule has 0 aliphatic carbocycles. The van der Waals surface area contributed by atoms with E-state index in [-0.39, 0.29) is 0 Å². The van der Waals surface area contributed by atoms with E-state index in [1.54, 1.807) is 0 Å². The molecule has 0 amide bonds. The molecule has 0 fully saturated rings. The third-order valence-electron chi connectivity index (χ3n) is 2.36. The van der Waals surface area contributed by atoms with E-state index in [2.05, 4.69) is 15.2 Å². The first-order valence-corrected chi connectivity index (χ1v) is 4.41. The molecular formula is C10H12N4. The standard InChI is InChI=1S/C10H12N4/c1-6-3-8(11)4-9(7(6)2)10-12-5-13-14-10/h3-5H,11H2,1-2H3,(H,12,13,14). The molecular weight excluding hydrogens is 176 g/mol. The summed E-state index contributed by atoms with van der Waals surface area (Å²) in [7, 11) is 0. The lowest BCUT2D eigenvalue weighted by atomic mass is 10.0. The third-order valence-corrected chi connectivity index (χ3v) is 2.36. The van der Waals surface area contributed by atoms with E-state index in [4.69, 9.17) is 5.73 Å². The molecule has 0 saturated heterocycles. The Bertz CT molecular complexity index is 445. The first kappa shape index (κ1) is 8.74. The molecule has 1 heterocycles. The van der Waals surface area contributed by atoms with Crippen LogP contribution in [0.1, 0.15) is 11.1 Å². The predicted octanol–water partition coefficient (Wildman–Crippen LogP) is 1.67. The number of nitrogen functional groups attached to an aromatic ring is 1. The predicted molar refractivity (Wildman–Crippen MR) is 55.7 cm³/mol. The first-order chi connectivity index (χ1) is 6.68. The molecule has 2 aromatic rings. The number of hydrogen-bond donors (Lipinski definition) is 2. The Kier molecular flexibility index (Phi) is 1.96. The molecule has 3 N–H and O–H groups in total. The molecule has 4 nitrogen and oxygen atoms in total. The van der Waals surface area contributed by atoms with Gasteiger partial charge in [-0.3, -0.25) is 5.10 Å². The minimum atomic E-state index is 0.750. The highest BCUT2D eigenvalue weighted by atomic mass is 15.2. The van der Waals surface area contributed by atoms with Gasteiger partial charge in [0.15, 0.2) is 5.82 Å². The summed E-state index contributed by atoms with van der Waals surface area (Å²) in [6.45, 7) is 4.08. The van der Waals surface area contributed by atoms with Crippen LogP contribution in [0.3, 0.4) is 0 Å². The number of aromatic nitrogens is 3. The zero-order valence-electron chi connectivity index (χ0n) is 8.20. The Morgan fingerprint density at radius 2 is 2.07 bits per heavy atom. The third kappa shape index (κ3) is 1.35. The van der Waals surface area contributed by atoms with Gasteiger partial charge in [-0.25, -0.2) is 4.98 Å². The number of nitrogens with one attached hydrogen (secondary N) is 1. The molecule has 0 saturated carbocycles.